The van der Waals surface area contributed by atoms with E-state index in [-0.39, 0.29) is 12.5 Å². The van der Waals surface area contributed by atoms with E-state index in [1.54, 1.807) is 30.3 Å². The molecule has 0 atom stereocenters. The van der Waals surface area contributed by atoms with Crippen LogP contribution in [0, 0.1) is 22.7 Å². The summed E-state index contributed by atoms with van der Waals surface area (Å²) in [6.07, 6.45) is 3.74. The second-order valence-corrected chi connectivity index (χ2v) is 7.63. The lowest BCUT2D eigenvalue weighted by molar-refractivity contribution is -0.119. The number of rotatable bonds is 9. The zero-order valence-electron chi connectivity index (χ0n) is 18.8. The first-order valence-electron chi connectivity index (χ1n) is 10.9. The third kappa shape index (κ3) is 6.44. The molecule has 9 heteroatoms. The molecule has 172 valence electrons. The first-order valence-corrected chi connectivity index (χ1v) is 10.9. The van der Waals surface area contributed by atoms with Gasteiger partial charge in [-0.25, -0.2) is 0 Å². The average molecular weight is 463 g/mol. The van der Waals surface area contributed by atoms with Crippen molar-refractivity contribution in [2.45, 2.75) is 13.1 Å². The van der Waals surface area contributed by atoms with Crippen LogP contribution in [0.15, 0.2) is 79.1 Å². The SMILES string of the molecule is N#Cc1ccc(CNC(=O)CNc2cc(-n3cccc3)nc(NCc3cccc(C#N)c3)n2)cc1. The molecule has 0 bridgehead atoms. The van der Waals surface area contributed by atoms with Crippen LogP contribution < -0.4 is 16.0 Å². The van der Waals surface area contributed by atoms with Crippen molar-refractivity contribution in [3.63, 3.8) is 0 Å². The largest absolute Gasteiger partial charge is 0.361 e. The van der Waals surface area contributed by atoms with E-state index in [9.17, 15) is 4.79 Å². The molecule has 2 heterocycles. The molecular formula is C26H22N8O. The highest BCUT2D eigenvalue weighted by Gasteiger charge is 2.09. The van der Waals surface area contributed by atoms with Crippen LogP contribution in [0.4, 0.5) is 11.8 Å². The highest BCUT2D eigenvalue weighted by atomic mass is 16.1. The summed E-state index contributed by atoms with van der Waals surface area (Å²) in [6.45, 7) is 0.830. The maximum Gasteiger partial charge on any atom is 0.239 e. The number of hydrogen-bond donors (Lipinski definition) is 3. The molecule has 2 aromatic carbocycles. The number of nitrogens with zero attached hydrogens (tertiary/aromatic N) is 5. The number of hydrogen-bond acceptors (Lipinski definition) is 7. The van der Waals surface area contributed by atoms with E-state index >= 15 is 0 Å². The second-order valence-electron chi connectivity index (χ2n) is 7.63. The van der Waals surface area contributed by atoms with Crippen molar-refractivity contribution >= 4 is 17.7 Å². The van der Waals surface area contributed by atoms with Gasteiger partial charge in [0.2, 0.25) is 11.9 Å². The fraction of sp³-hybridized carbons (Fsp3) is 0.115. The van der Waals surface area contributed by atoms with Crippen LogP contribution in [0.3, 0.4) is 0 Å². The number of carbonyl (C=O) groups excluding carboxylic acids is 1. The molecule has 0 radical (unpaired) electrons. The van der Waals surface area contributed by atoms with Crippen molar-refractivity contribution in [3.8, 4) is 18.0 Å². The fourth-order valence-electron chi connectivity index (χ4n) is 3.29. The number of anilines is 2. The number of benzene rings is 2. The maximum atomic E-state index is 12.4. The number of nitrogens with one attached hydrogen (secondary N) is 3. The lowest BCUT2D eigenvalue weighted by Gasteiger charge is -2.12. The molecule has 0 saturated heterocycles. The fourth-order valence-corrected chi connectivity index (χ4v) is 3.29. The van der Waals surface area contributed by atoms with Gasteiger partial charge in [-0.05, 0) is 47.5 Å². The van der Waals surface area contributed by atoms with Crippen molar-refractivity contribution in [2.75, 3.05) is 17.2 Å². The summed E-state index contributed by atoms with van der Waals surface area (Å²) in [4.78, 5) is 21.4. The Hall–Kier alpha value is -5.15. The van der Waals surface area contributed by atoms with E-state index in [0.717, 1.165) is 11.1 Å². The van der Waals surface area contributed by atoms with E-state index in [1.807, 2.05) is 53.4 Å². The minimum Gasteiger partial charge on any atom is -0.361 e. The van der Waals surface area contributed by atoms with Crippen LogP contribution in [-0.2, 0) is 17.9 Å². The van der Waals surface area contributed by atoms with Crippen molar-refractivity contribution in [2.24, 2.45) is 0 Å². The molecule has 9 nitrogen and oxygen atoms in total. The third-order valence-corrected chi connectivity index (χ3v) is 5.09. The Morgan fingerprint density at radius 1 is 0.829 bits per heavy atom. The quantitative estimate of drug-likeness (QED) is 0.348. The lowest BCUT2D eigenvalue weighted by atomic mass is 10.1. The van der Waals surface area contributed by atoms with Crippen LogP contribution in [0.25, 0.3) is 5.82 Å². The summed E-state index contributed by atoms with van der Waals surface area (Å²) in [7, 11) is 0. The lowest BCUT2D eigenvalue weighted by Crippen LogP contribution is -2.29. The predicted octanol–water partition coefficient (Wildman–Crippen LogP) is 3.35. The molecule has 0 fully saturated rings. The Balaban J connectivity index is 1.41. The van der Waals surface area contributed by atoms with Crippen molar-refractivity contribution in [1.82, 2.24) is 19.9 Å². The van der Waals surface area contributed by atoms with Gasteiger partial charge in [0.25, 0.3) is 0 Å². The third-order valence-electron chi connectivity index (χ3n) is 5.09. The monoisotopic (exact) mass is 462 g/mol. The zero-order valence-corrected chi connectivity index (χ0v) is 18.8. The van der Waals surface area contributed by atoms with Crippen molar-refractivity contribution in [1.29, 1.82) is 10.5 Å². The standard InChI is InChI=1S/C26H22N8O/c27-14-19-6-8-20(9-7-19)16-30-25(35)18-29-23-13-24(34-10-1-2-11-34)33-26(32-23)31-17-22-5-3-4-21(12-22)15-28/h1-13H,16-18H2,(H,30,35)(H2,29,31,32,33). The number of carbonyl (C=O) groups is 1. The van der Waals surface area contributed by atoms with Gasteiger partial charge in [-0.2, -0.15) is 20.5 Å². The van der Waals surface area contributed by atoms with E-state index < -0.39 is 0 Å². The molecule has 0 unspecified atom stereocenters. The van der Waals surface area contributed by atoms with Gasteiger partial charge in [0.15, 0.2) is 0 Å². The molecule has 0 aliphatic carbocycles. The summed E-state index contributed by atoms with van der Waals surface area (Å²) >= 11 is 0. The molecule has 0 spiro atoms. The molecule has 35 heavy (non-hydrogen) atoms. The van der Waals surface area contributed by atoms with E-state index in [2.05, 4.69) is 38.1 Å². The molecule has 4 rings (SSSR count). The van der Waals surface area contributed by atoms with Gasteiger partial charge < -0.3 is 20.5 Å². The summed E-state index contributed by atoms with van der Waals surface area (Å²) < 4.78 is 1.85. The summed E-state index contributed by atoms with van der Waals surface area (Å²) in [6, 6.07) is 24.1. The Labute approximate surface area is 202 Å². The smallest absolute Gasteiger partial charge is 0.239 e. The van der Waals surface area contributed by atoms with Crippen molar-refractivity contribution in [3.05, 3.63) is 101 Å². The van der Waals surface area contributed by atoms with Gasteiger partial charge in [0.1, 0.15) is 11.6 Å². The number of nitriles is 2. The highest BCUT2D eigenvalue weighted by molar-refractivity contribution is 5.80. The highest BCUT2D eigenvalue weighted by Crippen LogP contribution is 2.15. The van der Waals surface area contributed by atoms with Crippen LogP contribution in [0.5, 0.6) is 0 Å². The zero-order chi connectivity index (χ0) is 24.5. The van der Waals surface area contributed by atoms with Crippen LogP contribution >= 0.6 is 0 Å². The molecule has 3 N–H and O–H groups in total. The van der Waals surface area contributed by atoms with Gasteiger partial charge in [0, 0.05) is 31.5 Å². The molecular weight excluding hydrogens is 440 g/mol. The molecule has 0 saturated carbocycles. The minimum absolute atomic E-state index is 0.0298. The topological polar surface area (TPSA) is 131 Å². The van der Waals surface area contributed by atoms with Crippen LogP contribution in [-0.4, -0.2) is 27.0 Å². The summed E-state index contributed by atoms with van der Waals surface area (Å²) in [5.74, 6) is 1.32. The first-order chi connectivity index (χ1) is 17.1. The van der Waals surface area contributed by atoms with Gasteiger partial charge in [0.05, 0.1) is 29.8 Å². The summed E-state index contributed by atoms with van der Waals surface area (Å²) in [5, 5.41) is 27.1. The Morgan fingerprint density at radius 2 is 1.60 bits per heavy atom. The Bertz CT molecular complexity index is 1380. The normalized spacial score (nSPS) is 10.1. The van der Waals surface area contributed by atoms with Gasteiger partial charge >= 0.3 is 0 Å². The second kappa shape index (κ2) is 11.1. The predicted molar refractivity (Wildman–Crippen MR) is 131 cm³/mol. The average Bonchev–Trinajstić information content (AvgIpc) is 3.45. The van der Waals surface area contributed by atoms with E-state index in [4.69, 9.17) is 10.5 Å². The van der Waals surface area contributed by atoms with Crippen LogP contribution in [0.2, 0.25) is 0 Å². The van der Waals surface area contributed by atoms with Gasteiger partial charge in [-0.3, -0.25) is 4.79 Å². The first kappa shape index (κ1) is 23.0. The maximum absolute atomic E-state index is 12.4. The molecule has 2 aromatic heterocycles. The van der Waals surface area contributed by atoms with E-state index in [0.29, 0.717) is 41.8 Å². The summed E-state index contributed by atoms with van der Waals surface area (Å²) in [5.41, 5.74) is 2.99. The number of amides is 1. The Morgan fingerprint density at radius 3 is 2.34 bits per heavy atom. The van der Waals surface area contributed by atoms with Gasteiger partial charge in [-0.1, -0.05) is 24.3 Å². The molecule has 4 aromatic rings. The van der Waals surface area contributed by atoms with Gasteiger partial charge in [-0.15, -0.1) is 0 Å². The minimum atomic E-state index is -0.196. The Kier molecular flexibility index (Phi) is 7.32. The molecule has 1 amide bonds. The number of aromatic nitrogens is 3. The van der Waals surface area contributed by atoms with E-state index in [1.165, 1.54) is 0 Å². The van der Waals surface area contributed by atoms with Crippen LogP contribution in [0.1, 0.15) is 22.3 Å². The molecule has 0 aliphatic rings. The molecule has 0 aliphatic heterocycles. The van der Waals surface area contributed by atoms with Crippen molar-refractivity contribution < 1.29 is 4.79 Å².